The zero-order chi connectivity index (χ0) is 17.4. The second-order valence-corrected chi connectivity index (χ2v) is 8.10. The first-order valence-corrected chi connectivity index (χ1v) is 9.21. The number of rotatable bonds is 4. The van der Waals surface area contributed by atoms with Crippen LogP contribution in [0.2, 0.25) is 0 Å². The third kappa shape index (κ3) is 3.93. The van der Waals surface area contributed by atoms with E-state index in [0.717, 1.165) is 0 Å². The number of furan rings is 1. The van der Waals surface area contributed by atoms with E-state index in [1.807, 2.05) is 0 Å². The van der Waals surface area contributed by atoms with Crippen LogP contribution in [0.15, 0.2) is 4.42 Å². The first kappa shape index (κ1) is 17.5. The third-order valence-corrected chi connectivity index (χ3v) is 5.77. The molecule has 0 radical (unpaired) electrons. The predicted octanol–water partition coefficient (Wildman–Crippen LogP) is 1.05. The molecule has 2 rings (SSSR count). The van der Waals surface area contributed by atoms with Gasteiger partial charge >= 0.3 is 5.97 Å². The van der Waals surface area contributed by atoms with Crippen LogP contribution in [-0.4, -0.2) is 43.9 Å². The minimum Gasteiger partial charge on any atom is -0.465 e. The molecule has 0 unspecified atom stereocenters. The van der Waals surface area contributed by atoms with E-state index in [-0.39, 0.29) is 11.5 Å². The molecule has 0 spiro atoms. The van der Waals surface area contributed by atoms with Gasteiger partial charge in [-0.2, -0.15) is 0 Å². The molecule has 8 heteroatoms. The zero-order valence-electron chi connectivity index (χ0n) is 13.6. The van der Waals surface area contributed by atoms with Crippen molar-refractivity contribution in [3.05, 3.63) is 22.6 Å². The monoisotopic (exact) mass is 343 g/mol. The number of sulfone groups is 1. The molecule has 23 heavy (non-hydrogen) atoms. The van der Waals surface area contributed by atoms with Crippen LogP contribution in [0.5, 0.6) is 0 Å². The van der Waals surface area contributed by atoms with Crippen LogP contribution in [0.25, 0.3) is 0 Å². The standard InChI is InChI=1S/C15H21NO6S/c1-8-9(2)21-10(3)13(8)15(18)22-11(4)14(17)16-12-5-6-23(19,20)7-12/h11-12H,5-7H2,1-4H3,(H,16,17)/t11-,12-/m1/s1. The van der Waals surface area contributed by atoms with E-state index in [4.69, 9.17) is 9.15 Å². The summed E-state index contributed by atoms with van der Waals surface area (Å²) < 4.78 is 33.3. The summed E-state index contributed by atoms with van der Waals surface area (Å²) >= 11 is 0. The summed E-state index contributed by atoms with van der Waals surface area (Å²) in [6.45, 7) is 6.60. The lowest BCUT2D eigenvalue weighted by molar-refractivity contribution is -0.129. The van der Waals surface area contributed by atoms with Crippen molar-refractivity contribution in [2.75, 3.05) is 11.5 Å². The highest BCUT2D eigenvalue weighted by Gasteiger charge is 2.31. The van der Waals surface area contributed by atoms with E-state index in [9.17, 15) is 18.0 Å². The van der Waals surface area contributed by atoms with Crippen molar-refractivity contribution in [1.82, 2.24) is 5.32 Å². The van der Waals surface area contributed by atoms with E-state index >= 15 is 0 Å². The lowest BCUT2D eigenvalue weighted by Gasteiger charge is -2.16. The molecule has 0 bridgehead atoms. The van der Waals surface area contributed by atoms with Crippen LogP contribution in [-0.2, 0) is 19.4 Å². The average molecular weight is 343 g/mol. The Kier molecular flexibility index (Phi) is 4.84. The van der Waals surface area contributed by atoms with Gasteiger partial charge in [-0.05, 0) is 34.1 Å². The smallest absolute Gasteiger partial charge is 0.342 e. The minimum absolute atomic E-state index is 0.0683. The van der Waals surface area contributed by atoms with Gasteiger partial charge in [0.1, 0.15) is 17.1 Å². The number of amides is 1. The summed E-state index contributed by atoms with van der Waals surface area (Å²) in [4.78, 5) is 24.2. The van der Waals surface area contributed by atoms with Gasteiger partial charge in [0.05, 0.1) is 11.5 Å². The summed E-state index contributed by atoms with van der Waals surface area (Å²) in [5.41, 5.74) is 1.01. The highest BCUT2D eigenvalue weighted by molar-refractivity contribution is 7.91. The summed E-state index contributed by atoms with van der Waals surface area (Å²) in [7, 11) is -3.08. The Balaban J connectivity index is 1.97. The number of hydrogen-bond donors (Lipinski definition) is 1. The van der Waals surface area contributed by atoms with Gasteiger partial charge in [-0.3, -0.25) is 4.79 Å². The predicted molar refractivity (Wildman–Crippen MR) is 83.0 cm³/mol. The maximum atomic E-state index is 12.2. The molecule has 1 aromatic heterocycles. The number of esters is 1. The third-order valence-electron chi connectivity index (χ3n) is 4.00. The molecular formula is C15H21NO6S. The Morgan fingerprint density at radius 3 is 2.39 bits per heavy atom. The zero-order valence-corrected chi connectivity index (χ0v) is 14.5. The quantitative estimate of drug-likeness (QED) is 0.820. The van der Waals surface area contributed by atoms with Gasteiger partial charge in [0, 0.05) is 11.6 Å². The molecule has 0 aromatic carbocycles. The Hall–Kier alpha value is -1.83. The van der Waals surface area contributed by atoms with E-state index < -0.39 is 33.9 Å². The van der Waals surface area contributed by atoms with E-state index in [1.54, 1.807) is 20.8 Å². The first-order chi connectivity index (χ1) is 10.6. The van der Waals surface area contributed by atoms with Crippen molar-refractivity contribution >= 4 is 21.7 Å². The van der Waals surface area contributed by atoms with Gasteiger partial charge in [0.25, 0.3) is 5.91 Å². The lowest BCUT2D eigenvalue weighted by Crippen LogP contribution is -2.42. The Bertz CT molecular complexity index is 733. The fraction of sp³-hybridized carbons (Fsp3) is 0.600. The van der Waals surface area contributed by atoms with Crippen molar-refractivity contribution in [3.63, 3.8) is 0 Å². The summed E-state index contributed by atoms with van der Waals surface area (Å²) in [6, 6.07) is -0.423. The molecule has 2 atom stereocenters. The molecule has 1 saturated heterocycles. The minimum atomic E-state index is -3.08. The first-order valence-electron chi connectivity index (χ1n) is 7.39. The van der Waals surface area contributed by atoms with Crippen molar-refractivity contribution in [1.29, 1.82) is 0 Å². The highest BCUT2D eigenvalue weighted by Crippen LogP contribution is 2.22. The Morgan fingerprint density at radius 1 is 1.26 bits per heavy atom. The van der Waals surface area contributed by atoms with Crippen molar-refractivity contribution in [3.8, 4) is 0 Å². The van der Waals surface area contributed by atoms with Gasteiger partial charge in [0.15, 0.2) is 15.9 Å². The molecule has 1 aromatic rings. The second-order valence-electron chi connectivity index (χ2n) is 5.87. The van der Waals surface area contributed by atoms with Crippen LogP contribution in [0.4, 0.5) is 0 Å². The van der Waals surface area contributed by atoms with E-state index in [0.29, 0.717) is 29.1 Å². The summed E-state index contributed by atoms with van der Waals surface area (Å²) in [5.74, 6) is -0.0612. The van der Waals surface area contributed by atoms with Crippen LogP contribution in [0.1, 0.15) is 40.8 Å². The van der Waals surface area contributed by atoms with Crippen LogP contribution in [0, 0.1) is 20.8 Å². The lowest BCUT2D eigenvalue weighted by atomic mass is 10.1. The maximum Gasteiger partial charge on any atom is 0.342 e. The number of ether oxygens (including phenoxy) is 1. The fourth-order valence-corrected chi connectivity index (χ4v) is 4.27. The van der Waals surface area contributed by atoms with Crippen molar-refractivity contribution < 1.29 is 27.2 Å². The van der Waals surface area contributed by atoms with Crippen molar-refractivity contribution in [2.24, 2.45) is 0 Å². The largest absolute Gasteiger partial charge is 0.465 e. The normalized spacial score (nSPS) is 21.0. The van der Waals surface area contributed by atoms with Crippen LogP contribution in [0.3, 0.4) is 0 Å². The molecular weight excluding hydrogens is 322 g/mol. The van der Waals surface area contributed by atoms with Gasteiger partial charge in [-0.25, -0.2) is 13.2 Å². The van der Waals surface area contributed by atoms with Gasteiger partial charge < -0.3 is 14.5 Å². The molecule has 0 saturated carbocycles. The molecule has 128 valence electrons. The van der Waals surface area contributed by atoms with E-state index in [1.165, 1.54) is 6.92 Å². The van der Waals surface area contributed by atoms with Gasteiger partial charge in [-0.1, -0.05) is 0 Å². The molecule has 1 fully saturated rings. The summed E-state index contributed by atoms with van der Waals surface area (Å²) in [5, 5.41) is 2.61. The van der Waals surface area contributed by atoms with Crippen molar-refractivity contribution in [2.45, 2.75) is 46.3 Å². The van der Waals surface area contributed by atoms with Gasteiger partial charge in [-0.15, -0.1) is 0 Å². The highest BCUT2D eigenvalue weighted by atomic mass is 32.2. The Morgan fingerprint density at radius 2 is 1.91 bits per heavy atom. The van der Waals surface area contributed by atoms with Crippen LogP contribution < -0.4 is 5.32 Å². The molecule has 7 nitrogen and oxygen atoms in total. The molecule has 1 N–H and O–H groups in total. The SMILES string of the molecule is Cc1oc(C)c(C(=O)O[C@H](C)C(=O)N[C@@H]2CCS(=O)(=O)C2)c1C. The molecule has 1 aliphatic heterocycles. The molecule has 2 heterocycles. The molecule has 0 aliphatic carbocycles. The van der Waals surface area contributed by atoms with Crippen LogP contribution >= 0.6 is 0 Å². The number of aryl methyl sites for hydroxylation is 2. The number of carbonyl (C=O) groups is 2. The topological polar surface area (TPSA) is 103 Å². The van der Waals surface area contributed by atoms with E-state index in [2.05, 4.69) is 5.32 Å². The number of nitrogens with one attached hydrogen (secondary N) is 1. The number of carbonyl (C=O) groups excluding carboxylic acids is 2. The Labute approximate surface area is 135 Å². The number of hydrogen-bond acceptors (Lipinski definition) is 6. The second kappa shape index (κ2) is 6.35. The summed E-state index contributed by atoms with van der Waals surface area (Å²) in [6.07, 6.45) is -0.631. The molecule has 1 aliphatic rings. The maximum absolute atomic E-state index is 12.2. The van der Waals surface area contributed by atoms with Gasteiger partial charge in [0.2, 0.25) is 0 Å². The fourth-order valence-electron chi connectivity index (χ4n) is 2.59. The average Bonchev–Trinajstić information content (AvgIpc) is 2.89. The molecule has 1 amide bonds.